The highest BCUT2D eigenvalue weighted by Crippen LogP contribution is 2.08. The zero-order valence-corrected chi connectivity index (χ0v) is 6.86. The van der Waals surface area contributed by atoms with Gasteiger partial charge in [-0.3, -0.25) is 0 Å². The van der Waals surface area contributed by atoms with Gasteiger partial charge in [0.1, 0.15) is 5.15 Å². The van der Waals surface area contributed by atoms with Gasteiger partial charge in [0.25, 0.3) is 0 Å². The second-order valence-corrected chi connectivity index (χ2v) is 2.73. The Hall–Kier alpha value is -1.13. The molecular weight excluding hydrogens is 178 g/mol. The lowest BCUT2D eigenvalue weighted by Gasteiger charge is -1.90. The summed E-state index contributed by atoms with van der Waals surface area (Å²) in [5.74, 6) is 0. The summed E-state index contributed by atoms with van der Waals surface area (Å²) in [6.45, 7) is -0.0824. The minimum Gasteiger partial charge on any atom is -0.390 e. The SMILES string of the molecule is OCc1cc2nc(Cl)ccn2n1. The van der Waals surface area contributed by atoms with Gasteiger partial charge in [-0.2, -0.15) is 5.10 Å². The summed E-state index contributed by atoms with van der Waals surface area (Å²) in [7, 11) is 0. The van der Waals surface area contributed by atoms with E-state index in [1.54, 1.807) is 22.8 Å². The maximum Gasteiger partial charge on any atom is 0.157 e. The van der Waals surface area contributed by atoms with Crippen LogP contribution in [0, 0.1) is 0 Å². The third-order valence-corrected chi connectivity index (χ3v) is 1.71. The van der Waals surface area contributed by atoms with Crippen LogP contribution < -0.4 is 0 Å². The monoisotopic (exact) mass is 183 g/mol. The Bertz CT molecular complexity index is 412. The molecule has 0 aliphatic heterocycles. The molecule has 0 aromatic carbocycles. The maximum atomic E-state index is 8.77. The predicted octanol–water partition coefficient (Wildman–Crippen LogP) is 0.875. The van der Waals surface area contributed by atoms with E-state index in [9.17, 15) is 0 Å². The molecule has 0 aliphatic carbocycles. The van der Waals surface area contributed by atoms with Gasteiger partial charge in [0.15, 0.2) is 5.65 Å². The molecule has 2 heterocycles. The summed E-state index contributed by atoms with van der Waals surface area (Å²) >= 11 is 5.66. The minimum atomic E-state index is -0.0824. The molecule has 4 nitrogen and oxygen atoms in total. The van der Waals surface area contributed by atoms with Gasteiger partial charge in [-0.15, -0.1) is 0 Å². The molecular formula is C7H6ClN3O. The summed E-state index contributed by atoms with van der Waals surface area (Å²) in [4.78, 5) is 4.00. The minimum absolute atomic E-state index is 0.0824. The van der Waals surface area contributed by atoms with E-state index >= 15 is 0 Å². The molecule has 0 radical (unpaired) electrons. The Morgan fingerprint density at radius 2 is 2.42 bits per heavy atom. The highest BCUT2D eigenvalue weighted by atomic mass is 35.5. The number of hydrogen-bond donors (Lipinski definition) is 1. The maximum absolute atomic E-state index is 8.77. The van der Waals surface area contributed by atoms with Gasteiger partial charge in [0.2, 0.25) is 0 Å². The molecule has 2 rings (SSSR count). The molecule has 2 aromatic rings. The first-order valence-corrected chi connectivity index (χ1v) is 3.79. The molecule has 0 aliphatic rings. The van der Waals surface area contributed by atoms with E-state index in [-0.39, 0.29) is 6.61 Å². The summed E-state index contributed by atoms with van der Waals surface area (Å²) < 4.78 is 1.57. The van der Waals surface area contributed by atoms with Gasteiger partial charge in [-0.25, -0.2) is 9.50 Å². The van der Waals surface area contributed by atoms with Crippen molar-refractivity contribution in [3.63, 3.8) is 0 Å². The average Bonchev–Trinajstić information content (AvgIpc) is 2.46. The van der Waals surface area contributed by atoms with Crippen LogP contribution in [0.2, 0.25) is 5.15 Å². The second kappa shape index (κ2) is 2.73. The number of aliphatic hydroxyl groups is 1. The topological polar surface area (TPSA) is 50.4 Å². The van der Waals surface area contributed by atoms with Gasteiger partial charge in [-0.05, 0) is 6.07 Å². The molecule has 0 bridgehead atoms. The van der Waals surface area contributed by atoms with Crippen LogP contribution in [0.1, 0.15) is 5.69 Å². The van der Waals surface area contributed by atoms with Crippen LogP contribution in [-0.2, 0) is 6.61 Å². The average molecular weight is 184 g/mol. The van der Waals surface area contributed by atoms with Crippen molar-refractivity contribution in [3.8, 4) is 0 Å². The lowest BCUT2D eigenvalue weighted by Crippen LogP contribution is -1.89. The summed E-state index contributed by atoms with van der Waals surface area (Å²) in [6.07, 6.45) is 1.70. The predicted molar refractivity (Wildman–Crippen MR) is 43.9 cm³/mol. The molecule has 5 heteroatoms. The lowest BCUT2D eigenvalue weighted by atomic mass is 10.4. The second-order valence-electron chi connectivity index (χ2n) is 2.35. The molecule has 62 valence electrons. The number of rotatable bonds is 1. The number of halogens is 1. The largest absolute Gasteiger partial charge is 0.390 e. The molecule has 0 fully saturated rings. The molecule has 1 N–H and O–H groups in total. The van der Waals surface area contributed by atoms with Gasteiger partial charge >= 0.3 is 0 Å². The van der Waals surface area contributed by atoms with Gasteiger partial charge in [0, 0.05) is 12.3 Å². The van der Waals surface area contributed by atoms with Crippen LogP contribution in [0.25, 0.3) is 5.65 Å². The Morgan fingerprint density at radius 1 is 1.58 bits per heavy atom. The van der Waals surface area contributed by atoms with E-state index in [1.807, 2.05) is 0 Å². The fraction of sp³-hybridized carbons (Fsp3) is 0.143. The first kappa shape index (κ1) is 7.52. The highest BCUT2D eigenvalue weighted by Gasteiger charge is 2.00. The van der Waals surface area contributed by atoms with E-state index in [4.69, 9.17) is 16.7 Å². The first-order chi connectivity index (χ1) is 5.79. The van der Waals surface area contributed by atoms with Crippen molar-refractivity contribution < 1.29 is 5.11 Å². The molecule has 0 saturated heterocycles. The molecule has 0 atom stereocenters. The van der Waals surface area contributed by atoms with Crippen molar-refractivity contribution in [2.75, 3.05) is 0 Å². The first-order valence-electron chi connectivity index (χ1n) is 3.41. The smallest absolute Gasteiger partial charge is 0.157 e. The van der Waals surface area contributed by atoms with Crippen molar-refractivity contribution >= 4 is 17.2 Å². The number of aliphatic hydroxyl groups excluding tert-OH is 1. The third-order valence-electron chi connectivity index (χ3n) is 1.50. The summed E-state index contributed by atoms with van der Waals surface area (Å²) in [5.41, 5.74) is 1.23. The standard InChI is InChI=1S/C7H6ClN3O/c8-6-1-2-11-7(9-6)3-5(4-12)10-11/h1-3,12H,4H2. The molecule has 0 spiro atoms. The van der Waals surface area contributed by atoms with Crippen LogP contribution in [0.15, 0.2) is 18.3 Å². The fourth-order valence-electron chi connectivity index (χ4n) is 0.983. The van der Waals surface area contributed by atoms with Crippen molar-refractivity contribution in [2.24, 2.45) is 0 Å². The van der Waals surface area contributed by atoms with Crippen molar-refractivity contribution in [1.82, 2.24) is 14.6 Å². The Morgan fingerprint density at radius 3 is 3.17 bits per heavy atom. The summed E-state index contributed by atoms with van der Waals surface area (Å²) in [5, 5.41) is 13.2. The quantitative estimate of drug-likeness (QED) is 0.668. The van der Waals surface area contributed by atoms with E-state index in [0.717, 1.165) is 0 Å². The zero-order valence-electron chi connectivity index (χ0n) is 6.11. The van der Waals surface area contributed by atoms with Crippen molar-refractivity contribution in [2.45, 2.75) is 6.61 Å². The number of hydrogen-bond acceptors (Lipinski definition) is 3. The van der Waals surface area contributed by atoms with E-state index in [0.29, 0.717) is 16.5 Å². The van der Waals surface area contributed by atoms with Crippen LogP contribution >= 0.6 is 11.6 Å². The van der Waals surface area contributed by atoms with Crippen LogP contribution in [0.3, 0.4) is 0 Å². The van der Waals surface area contributed by atoms with Gasteiger partial charge in [0.05, 0.1) is 12.3 Å². The number of aromatic nitrogens is 3. The summed E-state index contributed by atoms with van der Waals surface area (Å²) in [6, 6.07) is 3.33. The van der Waals surface area contributed by atoms with Gasteiger partial charge in [-0.1, -0.05) is 11.6 Å². The molecule has 0 amide bonds. The number of fused-ring (bicyclic) bond motifs is 1. The van der Waals surface area contributed by atoms with Crippen molar-refractivity contribution in [3.05, 3.63) is 29.2 Å². The van der Waals surface area contributed by atoms with E-state index < -0.39 is 0 Å². The Balaban J connectivity index is 2.67. The highest BCUT2D eigenvalue weighted by molar-refractivity contribution is 6.29. The van der Waals surface area contributed by atoms with E-state index in [2.05, 4.69) is 10.1 Å². The van der Waals surface area contributed by atoms with Crippen LogP contribution in [-0.4, -0.2) is 19.7 Å². The van der Waals surface area contributed by atoms with Crippen LogP contribution in [0.5, 0.6) is 0 Å². The third kappa shape index (κ3) is 1.15. The van der Waals surface area contributed by atoms with Crippen molar-refractivity contribution in [1.29, 1.82) is 0 Å². The fourth-order valence-corrected chi connectivity index (χ4v) is 1.13. The molecule has 0 saturated carbocycles. The molecule has 12 heavy (non-hydrogen) atoms. The Kier molecular flexibility index (Phi) is 1.71. The zero-order chi connectivity index (χ0) is 8.55. The van der Waals surface area contributed by atoms with E-state index in [1.165, 1.54) is 0 Å². The molecule has 0 unspecified atom stereocenters. The number of nitrogens with zero attached hydrogens (tertiary/aromatic N) is 3. The normalized spacial score (nSPS) is 10.8. The van der Waals surface area contributed by atoms with Gasteiger partial charge < -0.3 is 5.11 Å². The Labute approximate surface area is 73.4 Å². The molecule has 2 aromatic heterocycles. The lowest BCUT2D eigenvalue weighted by molar-refractivity contribution is 0.276. The van der Waals surface area contributed by atoms with Crippen LogP contribution in [0.4, 0.5) is 0 Å².